The van der Waals surface area contributed by atoms with Crippen LogP contribution in [0.15, 0.2) is 12.8 Å². The Balaban J connectivity index is 3.30. The maximum absolute atomic E-state index is 8.52. The summed E-state index contributed by atoms with van der Waals surface area (Å²) in [6.45, 7) is 3.47. The van der Waals surface area contributed by atoms with Crippen LogP contribution in [0.3, 0.4) is 0 Å². The highest BCUT2D eigenvalue weighted by Crippen LogP contribution is 2.04. The van der Waals surface area contributed by atoms with Crippen LogP contribution in [0.25, 0.3) is 6.08 Å². The maximum atomic E-state index is 8.52. The van der Waals surface area contributed by atoms with Crippen LogP contribution >= 0.6 is 0 Å². The lowest BCUT2D eigenvalue weighted by Crippen LogP contribution is -1.97. The van der Waals surface area contributed by atoms with Gasteiger partial charge in [-0.2, -0.15) is 5.26 Å². The standard InChI is InChI=1S/C7H6N4/c1-2-5-6(3-8)11-7(9)4-10-5/h2,4H,1H2,(H2,9,11). The van der Waals surface area contributed by atoms with Gasteiger partial charge < -0.3 is 5.73 Å². The molecule has 1 heterocycles. The third kappa shape index (κ3) is 1.33. The SMILES string of the molecule is C=Cc1ncc(N)nc1C#N. The molecule has 1 aromatic rings. The first-order valence-corrected chi connectivity index (χ1v) is 2.93. The van der Waals surface area contributed by atoms with E-state index in [1.54, 1.807) is 0 Å². The van der Waals surface area contributed by atoms with E-state index in [1.807, 2.05) is 6.07 Å². The van der Waals surface area contributed by atoms with Gasteiger partial charge in [-0.15, -0.1) is 0 Å². The molecule has 4 heteroatoms. The molecule has 0 saturated heterocycles. The average molecular weight is 146 g/mol. The quantitative estimate of drug-likeness (QED) is 0.628. The summed E-state index contributed by atoms with van der Waals surface area (Å²) < 4.78 is 0. The molecule has 0 aliphatic carbocycles. The van der Waals surface area contributed by atoms with E-state index in [-0.39, 0.29) is 11.5 Å². The second-order valence-electron chi connectivity index (χ2n) is 1.84. The van der Waals surface area contributed by atoms with Crippen LogP contribution in [0, 0.1) is 11.3 Å². The van der Waals surface area contributed by atoms with Gasteiger partial charge in [-0.1, -0.05) is 6.58 Å². The van der Waals surface area contributed by atoms with Crippen molar-refractivity contribution in [3.63, 3.8) is 0 Å². The molecule has 2 N–H and O–H groups in total. The number of hydrogen-bond acceptors (Lipinski definition) is 4. The molecular weight excluding hydrogens is 140 g/mol. The minimum atomic E-state index is 0.208. The van der Waals surface area contributed by atoms with E-state index < -0.39 is 0 Å². The van der Waals surface area contributed by atoms with Crippen molar-refractivity contribution in [1.29, 1.82) is 5.26 Å². The van der Waals surface area contributed by atoms with Crippen molar-refractivity contribution in [3.05, 3.63) is 24.2 Å². The number of nitrogen functional groups attached to an aromatic ring is 1. The fraction of sp³-hybridized carbons (Fsp3) is 0. The van der Waals surface area contributed by atoms with Crippen molar-refractivity contribution in [3.8, 4) is 6.07 Å². The third-order valence-electron chi connectivity index (χ3n) is 1.12. The Morgan fingerprint density at radius 1 is 1.73 bits per heavy atom. The highest BCUT2D eigenvalue weighted by atomic mass is 14.9. The van der Waals surface area contributed by atoms with Crippen LogP contribution in [0.2, 0.25) is 0 Å². The largest absolute Gasteiger partial charge is 0.382 e. The molecule has 0 saturated carbocycles. The summed E-state index contributed by atoms with van der Waals surface area (Å²) >= 11 is 0. The fourth-order valence-corrected chi connectivity index (χ4v) is 0.644. The van der Waals surface area contributed by atoms with E-state index in [1.165, 1.54) is 12.3 Å². The van der Waals surface area contributed by atoms with Crippen molar-refractivity contribution in [2.24, 2.45) is 0 Å². The number of hydrogen-bond donors (Lipinski definition) is 1. The summed E-state index contributed by atoms with van der Waals surface area (Å²) in [5.74, 6) is 0.243. The summed E-state index contributed by atoms with van der Waals surface area (Å²) in [7, 11) is 0. The number of nitriles is 1. The van der Waals surface area contributed by atoms with E-state index in [0.29, 0.717) is 5.69 Å². The Bertz CT molecular complexity index is 324. The van der Waals surface area contributed by atoms with Gasteiger partial charge in [-0.05, 0) is 6.08 Å². The lowest BCUT2D eigenvalue weighted by molar-refractivity contribution is 1.15. The molecular formula is C7H6N4. The number of rotatable bonds is 1. The van der Waals surface area contributed by atoms with Gasteiger partial charge in [0.1, 0.15) is 11.9 Å². The lowest BCUT2D eigenvalue weighted by atomic mass is 10.3. The fourth-order valence-electron chi connectivity index (χ4n) is 0.644. The predicted octanol–water partition coefficient (Wildman–Crippen LogP) is 0.573. The highest BCUT2D eigenvalue weighted by Gasteiger charge is 2.00. The van der Waals surface area contributed by atoms with Crippen molar-refractivity contribution in [1.82, 2.24) is 9.97 Å². The van der Waals surface area contributed by atoms with Crippen molar-refractivity contribution in [2.75, 3.05) is 5.73 Å². The first kappa shape index (κ1) is 7.22. The summed E-state index contributed by atoms with van der Waals surface area (Å²) in [5, 5.41) is 8.52. The molecule has 11 heavy (non-hydrogen) atoms. The van der Waals surface area contributed by atoms with E-state index in [2.05, 4.69) is 16.5 Å². The smallest absolute Gasteiger partial charge is 0.168 e. The average Bonchev–Trinajstić information content (AvgIpc) is 2.04. The minimum absolute atomic E-state index is 0.208. The molecule has 1 aromatic heterocycles. The molecule has 0 fully saturated rings. The van der Waals surface area contributed by atoms with Gasteiger partial charge in [0, 0.05) is 0 Å². The van der Waals surface area contributed by atoms with Gasteiger partial charge in [0.25, 0.3) is 0 Å². The molecule has 0 radical (unpaired) electrons. The van der Waals surface area contributed by atoms with Crippen LogP contribution in [0.4, 0.5) is 5.82 Å². The van der Waals surface area contributed by atoms with Crippen molar-refractivity contribution < 1.29 is 0 Å². The Hall–Kier alpha value is -1.89. The van der Waals surface area contributed by atoms with Crippen molar-refractivity contribution in [2.45, 2.75) is 0 Å². The number of nitrogens with two attached hydrogens (primary N) is 1. The molecule has 54 valence electrons. The zero-order valence-electron chi connectivity index (χ0n) is 5.78. The number of nitrogens with zero attached hydrogens (tertiary/aromatic N) is 3. The van der Waals surface area contributed by atoms with Gasteiger partial charge in [0.2, 0.25) is 0 Å². The molecule has 0 spiro atoms. The maximum Gasteiger partial charge on any atom is 0.168 e. The van der Waals surface area contributed by atoms with E-state index in [9.17, 15) is 0 Å². The van der Waals surface area contributed by atoms with Crippen LogP contribution in [0.1, 0.15) is 11.4 Å². The Labute approximate surface area is 64.0 Å². The van der Waals surface area contributed by atoms with E-state index >= 15 is 0 Å². The third-order valence-corrected chi connectivity index (χ3v) is 1.12. The summed E-state index contributed by atoms with van der Waals surface area (Å²) in [6.07, 6.45) is 2.85. The molecule has 0 aromatic carbocycles. The van der Waals surface area contributed by atoms with E-state index in [4.69, 9.17) is 11.0 Å². The topological polar surface area (TPSA) is 75.6 Å². The summed E-state index contributed by atoms with van der Waals surface area (Å²) in [6, 6.07) is 1.86. The summed E-state index contributed by atoms with van der Waals surface area (Å²) in [4.78, 5) is 7.58. The summed E-state index contributed by atoms with van der Waals surface area (Å²) in [5.41, 5.74) is 5.97. The second-order valence-corrected chi connectivity index (χ2v) is 1.84. The molecule has 0 unspecified atom stereocenters. The van der Waals surface area contributed by atoms with Gasteiger partial charge >= 0.3 is 0 Å². The van der Waals surface area contributed by atoms with Crippen LogP contribution in [-0.2, 0) is 0 Å². The van der Waals surface area contributed by atoms with Crippen molar-refractivity contribution >= 4 is 11.9 Å². The molecule has 0 aliphatic rings. The van der Waals surface area contributed by atoms with Gasteiger partial charge in [0.15, 0.2) is 5.69 Å². The zero-order valence-corrected chi connectivity index (χ0v) is 5.78. The minimum Gasteiger partial charge on any atom is -0.382 e. The van der Waals surface area contributed by atoms with Crippen LogP contribution in [0.5, 0.6) is 0 Å². The molecule has 0 aliphatic heterocycles. The number of anilines is 1. The Morgan fingerprint density at radius 3 is 3.00 bits per heavy atom. The first-order chi connectivity index (χ1) is 5.27. The van der Waals surface area contributed by atoms with Gasteiger partial charge in [-0.3, -0.25) is 4.98 Å². The van der Waals surface area contributed by atoms with Gasteiger partial charge in [-0.25, -0.2) is 4.98 Å². The monoisotopic (exact) mass is 146 g/mol. The second kappa shape index (κ2) is 2.80. The molecule has 0 bridgehead atoms. The number of aromatic nitrogens is 2. The molecule has 1 rings (SSSR count). The lowest BCUT2D eigenvalue weighted by Gasteiger charge is -1.95. The molecule has 4 nitrogen and oxygen atoms in total. The Kier molecular flexibility index (Phi) is 1.83. The highest BCUT2D eigenvalue weighted by molar-refractivity contribution is 5.50. The molecule has 0 amide bonds. The predicted molar refractivity (Wildman–Crippen MR) is 41.3 cm³/mol. The zero-order chi connectivity index (χ0) is 8.27. The van der Waals surface area contributed by atoms with Crippen LogP contribution < -0.4 is 5.73 Å². The first-order valence-electron chi connectivity index (χ1n) is 2.93. The van der Waals surface area contributed by atoms with E-state index in [0.717, 1.165) is 0 Å². The normalized spacial score (nSPS) is 8.64. The molecule has 0 atom stereocenters. The Morgan fingerprint density at radius 2 is 2.45 bits per heavy atom. The van der Waals surface area contributed by atoms with Gasteiger partial charge in [0.05, 0.1) is 11.9 Å². The van der Waals surface area contributed by atoms with Crippen LogP contribution in [-0.4, -0.2) is 9.97 Å².